The van der Waals surface area contributed by atoms with E-state index in [1.165, 1.54) is 31.0 Å². The lowest BCUT2D eigenvalue weighted by atomic mass is 10.2. The number of nitrogens with one attached hydrogen (secondary N) is 1. The van der Waals surface area contributed by atoms with Crippen molar-refractivity contribution in [2.24, 2.45) is 5.14 Å². The van der Waals surface area contributed by atoms with Crippen LogP contribution >= 0.6 is 0 Å². The maximum absolute atomic E-state index is 12.5. The van der Waals surface area contributed by atoms with Gasteiger partial charge in [-0.25, -0.2) is 13.6 Å². The number of amides is 1. The third kappa shape index (κ3) is 5.47. The fourth-order valence-electron chi connectivity index (χ4n) is 3.33. The number of primary sulfonamides is 1. The molecule has 0 aromatic heterocycles. The van der Waals surface area contributed by atoms with E-state index in [2.05, 4.69) is 27.2 Å². The fourth-order valence-corrected chi connectivity index (χ4v) is 3.87. The third-order valence-electron chi connectivity index (χ3n) is 4.95. The average Bonchev–Trinajstić information content (AvgIpc) is 2.73. The summed E-state index contributed by atoms with van der Waals surface area (Å²) in [7, 11) is -2.47. The normalized spacial score (nSPS) is 15.2. The molecule has 0 aliphatic carbocycles. The van der Waals surface area contributed by atoms with Gasteiger partial charge in [0.25, 0.3) is 5.91 Å². The molecule has 0 radical (unpaired) electrons. The summed E-state index contributed by atoms with van der Waals surface area (Å²) in [6.45, 7) is 4.85. The zero-order chi connectivity index (χ0) is 20.9. The van der Waals surface area contributed by atoms with E-state index in [0.29, 0.717) is 18.8 Å². The van der Waals surface area contributed by atoms with Gasteiger partial charge >= 0.3 is 0 Å². The summed E-state index contributed by atoms with van der Waals surface area (Å²) in [4.78, 5) is 17.0. The van der Waals surface area contributed by atoms with Crippen LogP contribution in [0.3, 0.4) is 0 Å². The second-order valence-electron chi connectivity index (χ2n) is 6.83. The molecular weight excluding hydrogens is 392 g/mol. The molecule has 2 aromatic carbocycles. The van der Waals surface area contributed by atoms with E-state index in [-0.39, 0.29) is 10.5 Å². The number of rotatable bonds is 7. The average molecular weight is 419 g/mol. The Hall–Kier alpha value is -2.62. The lowest BCUT2D eigenvalue weighted by Gasteiger charge is -2.36. The number of para-hydroxylation sites is 1. The van der Waals surface area contributed by atoms with Crippen LogP contribution in [0.1, 0.15) is 10.4 Å². The Morgan fingerprint density at radius 2 is 1.79 bits per heavy atom. The van der Waals surface area contributed by atoms with Crippen LogP contribution in [0.4, 0.5) is 5.69 Å². The summed E-state index contributed by atoms with van der Waals surface area (Å²) in [6.07, 6.45) is 0. The van der Waals surface area contributed by atoms with Crippen molar-refractivity contribution in [2.45, 2.75) is 4.90 Å². The standard InChI is InChI=1S/C20H26N4O4S/c1-28-19-8-7-17(29(21,26)27)15-18(19)20(25)22-9-10-23-11-13-24(14-12-23)16-5-3-2-4-6-16/h2-8,15H,9-14H2,1H3,(H,22,25)(H2,21,26,27). The molecule has 29 heavy (non-hydrogen) atoms. The maximum Gasteiger partial charge on any atom is 0.255 e. The molecule has 1 aliphatic rings. The van der Waals surface area contributed by atoms with Gasteiger partial charge in [-0.05, 0) is 30.3 Å². The third-order valence-corrected chi connectivity index (χ3v) is 5.86. The van der Waals surface area contributed by atoms with Gasteiger partial charge in [0.15, 0.2) is 0 Å². The van der Waals surface area contributed by atoms with Gasteiger partial charge in [0.2, 0.25) is 10.0 Å². The summed E-state index contributed by atoms with van der Waals surface area (Å²) >= 11 is 0. The van der Waals surface area contributed by atoms with Crippen molar-refractivity contribution in [3.8, 4) is 5.75 Å². The summed E-state index contributed by atoms with van der Waals surface area (Å²) in [5.74, 6) is -0.0957. The highest BCUT2D eigenvalue weighted by atomic mass is 32.2. The summed E-state index contributed by atoms with van der Waals surface area (Å²) in [5, 5.41) is 7.99. The predicted octanol–water partition coefficient (Wildman–Crippen LogP) is 0.895. The quantitative estimate of drug-likeness (QED) is 0.692. The minimum absolute atomic E-state index is 0.125. The molecule has 8 nitrogen and oxygen atoms in total. The summed E-state index contributed by atoms with van der Waals surface area (Å²) < 4.78 is 28.3. The molecule has 0 unspecified atom stereocenters. The van der Waals surface area contributed by atoms with Crippen LogP contribution in [0.5, 0.6) is 5.75 Å². The predicted molar refractivity (Wildman–Crippen MR) is 112 cm³/mol. The monoisotopic (exact) mass is 418 g/mol. The molecule has 0 spiro atoms. The van der Waals surface area contributed by atoms with Gasteiger partial charge in [-0.2, -0.15) is 0 Å². The number of nitrogens with zero attached hydrogens (tertiary/aromatic N) is 2. The van der Waals surface area contributed by atoms with Crippen LogP contribution in [-0.4, -0.2) is 65.6 Å². The van der Waals surface area contributed by atoms with Crippen LogP contribution in [0, 0.1) is 0 Å². The molecule has 1 aliphatic heterocycles. The van der Waals surface area contributed by atoms with Crippen LogP contribution in [0.25, 0.3) is 0 Å². The first-order valence-corrected chi connectivity index (χ1v) is 10.9. The van der Waals surface area contributed by atoms with Gasteiger partial charge in [0, 0.05) is 45.0 Å². The number of ether oxygens (including phenoxy) is 1. The molecule has 9 heteroatoms. The number of piperazine rings is 1. The van der Waals surface area contributed by atoms with Gasteiger partial charge < -0.3 is 15.0 Å². The topological polar surface area (TPSA) is 105 Å². The zero-order valence-corrected chi connectivity index (χ0v) is 17.2. The van der Waals surface area contributed by atoms with E-state index >= 15 is 0 Å². The van der Waals surface area contributed by atoms with E-state index in [0.717, 1.165) is 26.2 Å². The fraction of sp³-hybridized carbons (Fsp3) is 0.350. The minimum Gasteiger partial charge on any atom is -0.496 e. The minimum atomic E-state index is -3.90. The van der Waals surface area contributed by atoms with Gasteiger partial charge in [-0.3, -0.25) is 9.69 Å². The van der Waals surface area contributed by atoms with Crippen molar-refractivity contribution in [1.82, 2.24) is 10.2 Å². The molecule has 0 saturated carbocycles. The molecule has 2 aromatic rings. The Kier molecular flexibility index (Phi) is 6.73. The molecule has 0 atom stereocenters. The number of methoxy groups -OCH3 is 1. The molecule has 1 fully saturated rings. The first-order valence-electron chi connectivity index (χ1n) is 9.40. The number of nitrogens with two attached hydrogens (primary N) is 1. The van der Waals surface area contributed by atoms with E-state index in [1.54, 1.807) is 0 Å². The van der Waals surface area contributed by atoms with Crippen molar-refractivity contribution in [3.63, 3.8) is 0 Å². The van der Waals surface area contributed by atoms with E-state index in [9.17, 15) is 13.2 Å². The van der Waals surface area contributed by atoms with Crippen molar-refractivity contribution in [1.29, 1.82) is 0 Å². The van der Waals surface area contributed by atoms with Gasteiger partial charge in [-0.15, -0.1) is 0 Å². The molecule has 0 bridgehead atoms. The Morgan fingerprint density at radius 1 is 1.10 bits per heavy atom. The molecule has 156 valence electrons. The van der Waals surface area contributed by atoms with E-state index < -0.39 is 15.9 Å². The molecule has 1 amide bonds. The van der Waals surface area contributed by atoms with Crippen LogP contribution in [0.15, 0.2) is 53.4 Å². The molecule has 1 heterocycles. The lowest BCUT2D eigenvalue weighted by Crippen LogP contribution is -2.48. The van der Waals surface area contributed by atoms with Crippen molar-refractivity contribution < 1.29 is 17.9 Å². The Balaban J connectivity index is 1.52. The van der Waals surface area contributed by atoms with Gasteiger partial charge in [0.1, 0.15) is 5.75 Å². The van der Waals surface area contributed by atoms with Crippen molar-refractivity contribution in [2.75, 3.05) is 51.3 Å². The van der Waals surface area contributed by atoms with Crippen molar-refractivity contribution in [3.05, 3.63) is 54.1 Å². The molecular formula is C20H26N4O4S. The zero-order valence-electron chi connectivity index (χ0n) is 16.4. The molecule has 1 saturated heterocycles. The summed E-state index contributed by atoms with van der Waals surface area (Å²) in [5.41, 5.74) is 1.37. The number of carbonyl (C=O) groups excluding carboxylic acids is 1. The first-order chi connectivity index (χ1) is 13.9. The number of anilines is 1. The Labute approximate surface area is 171 Å². The van der Waals surface area contributed by atoms with Crippen LogP contribution in [0.2, 0.25) is 0 Å². The smallest absolute Gasteiger partial charge is 0.255 e. The highest BCUT2D eigenvalue weighted by Crippen LogP contribution is 2.22. The molecule has 3 N–H and O–H groups in total. The highest BCUT2D eigenvalue weighted by Gasteiger charge is 2.19. The number of sulfonamides is 1. The maximum atomic E-state index is 12.5. The Bertz CT molecular complexity index is 942. The lowest BCUT2D eigenvalue weighted by molar-refractivity contribution is 0.0944. The number of hydrogen-bond donors (Lipinski definition) is 2. The molecule has 3 rings (SSSR count). The SMILES string of the molecule is COc1ccc(S(N)(=O)=O)cc1C(=O)NCCN1CCN(c2ccccc2)CC1. The summed E-state index contributed by atoms with van der Waals surface area (Å²) in [6, 6.07) is 14.3. The van der Waals surface area contributed by atoms with E-state index in [1.807, 2.05) is 18.2 Å². The van der Waals surface area contributed by atoms with Gasteiger partial charge in [-0.1, -0.05) is 18.2 Å². The van der Waals surface area contributed by atoms with E-state index in [4.69, 9.17) is 9.88 Å². The first kappa shape index (κ1) is 21.1. The van der Waals surface area contributed by atoms with Crippen molar-refractivity contribution >= 4 is 21.6 Å². The van der Waals surface area contributed by atoms with Crippen LogP contribution in [-0.2, 0) is 10.0 Å². The highest BCUT2D eigenvalue weighted by molar-refractivity contribution is 7.89. The Morgan fingerprint density at radius 3 is 2.41 bits per heavy atom. The second-order valence-corrected chi connectivity index (χ2v) is 8.39. The largest absolute Gasteiger partial charge is 0.496 e. The van der Waals surface area contributed by atoms with Crippen LogP contribution < -0.4 is 20.1 Å². The number of hydrogen-bond acceptors (Lipinski definition) is 6. The van der Waals surface area contributed by atoms with Gasteiger partial charge in [0.05, 0.1) is 17.6 Å². The number of carbonyl (C=O) groups is 1. The second kappa shape index (κ2) is 9.25. The number of benzene rings is 2.